The third kappa shape index (κ3) is 5.03. The van der Waals surface area contributed by atoms with E-state index >= 15 is 0 Å². The van der Waals surface area contributed by atoms with Gasteiger partial charge in [0.05, 0.1) is 17.2 Å². The molecule has 1 fully saturated rings. The van der Waals surface area contributed by atoms with Gasteiger partial charge in [-0.25, -0.2) is 0 Å². The molecule has 28 heavy (non-hydrogen) atoms. The Kier molecular flexibility index (Phi) is 5.87. The molecular weight excluding hydrogens is 371 g/mol. The summed E-state index contributed by atoms with van der Waals surface area (Å²) in [5.41, 5.74) is 5.31. The molecule has 0 aromatic heterocycles. The van der Waals surface area contributed by atoms with Gasteiger partial charge in [0, 0.05) is 19.5 Å². The molecule has 0 saturated carbocycles. The second-order valence-corrected chi connectivity index (χ2v) is 6.67. The molecule has 2 aromatic carbocycles. The van der Waals surface area contributed by atoms with Gasteiger partial charge in [-0.1, -0.05) is 36.4 Å². The van der Waals surface area contributed by atoms with Gasteiger partial charge in [-0.15, -0.1) is 0 Å². The molecule has 2 aromatic rings. The van der Waals surface area contributed by atoms with E-state index in [-0.39, 0.29) is 18.0 Å². The van der Waals surface area contributed by atoms with Gasteiger partial charge in [-0.3, -0.25) is 20.4 Å². The molecule has 148 valence electrons. The first kappa shape index (κ1) is 19.7. The fourth-order valence-corrected chi connectivity index (χ4v) is 3.08. The molecule has 5 nitrogen and oxygen atoms in total. The number of hydrazine groups is 1. The Hall–Kier alpha value is -3.03. The first-order valence-electron chi connectivity index (χ1n) is 8.88. The summed E-state index contributed by atoms with van der Waals surface area (Å²) in [6.45, 7) is 0.815. The average molecular weight is 391 g/mol. The monoisotopic (exact) mass is 391 g/mol. The Labute approximate surface area is 160 Å². The van der Waals surface area contributed by atoms with Crippen LogP contribution in [0.15, 0.2) is 54.6 Å². The van der Waals surface area contributed by atoms with Gasteiger partial charge in [0.25, 0.3) is 0 Å². The fraction of sp³-hybridized carbons (Fsp3) is 0.300. The maximum absolute atomic E-state index is 12.7. The van der Waals surface area contributed by atoms with Crippen LogP contribution in [0.5, 0.6) is 0 Å². The van der Waals surface area contributed by atoms with Crippen molar-refractivity contribution in [3.05, 3.63) is 65.7 Å². The van der Waals surface area contributed by atoms with Crippen molar-refractivity contribution in [2.24, 2.45) is 5.92 Å². The van der Waals surface area contributed by atoms with Crippen molar-refractivity contribution >= 4 is 17.5 Å². The van der Waals surface area contributed by atoms with Crippen molar-refractivity contribution in [3.63, 3.8) is 0 Å². The predicted octanol–water partition coefficient (Wildman–Crippen LogP) is 3.24. The summed E-state index contributed by atoms with van der Waals surface area (Å²) >= 11 is 0. The van der Waals surface area contributed by atoms with Crippen LogP contribution in [0.4, 0.5) is 18.9 Å². The molecule has 1 aliphatic heterocycles. The van der Waals surface area contributed by atoms with Gasteiger partial charge < -0.3 is 4.90 Å². The highest BCUT2D eigenvalue weighted by atomic mass is 19.4. The molecule has 0 bridgehead atoms. The Morgan fingerprint density at radius 2 is 1.86 bits per heavy atom. The van der Waals surface area contributed by atoms with Gasteiger partial charge in [0.1, 0.15) is 0 Å². The van der Waals surface area contributed by atoms with E-state index in [4.69, 9.17) is 0 Å². The van der Waals surface area contributed by atoms with Gasteiger partial charge in [-0.2, -0.15) is 13.2 Å². The van der Waals surface area contributed by atoms with E-state index in [1.165, 1.54) is 12.1 Å². The molecule has 1 saturated heterocycles. The van der Waals surface area contributed by atoms with Gasteiger partial charge >= 0.3 is 6.18 Å². The highest BCUT2D eigenvalue weighted by Crippen LogP contribution is 2.30. The lowest BCUT2D eigenvalue weighted by Gasteiger charge is -2.17. The Bertz CT molecular complexity index is 840. The number of hydrogen-bond acceptors (Lipinski definition) is 3. The van der Waals surface area contributed by atoms with Crippen LogP contribution in [0.3, 0.4) is 0 Å². The van der Waals surface area contributed by atoms with E-state index < -0.39 is 23.6 Å². The van der Waals surface area contributed by atoms with Crippen LogP contribution in [0, 0.1) is 5.92 Å². The Morgan fingerprint density at radius 1 is 1.11 bits per heavy atom. The SMILES string of the molecule is O=C(NNc1cccc(C(F)(F)F)c1)C1CC(=O)N(CCc2ccccc2)C1. The summed E-state index contributed by atoms with van der Waals surface area (Å²) in [6, 6.07) is 14.3. The molecule has 1 unspecified atom stereocenters. The number of benzene rings is 2. The minimum Gasteiger partial charge on any atom is -0.342 e. The summed E-state index contributed by atoms with van der Waals surface area (Å²) in [4.78, 5) is 26.1. The van der Waals surface area contributed by atoms with E-state index in [2.05, 4.69) is 10.9 Å². The number of halogens is 3. The highest BCUT2D eigenvalue weighted by Gasteiger charge is 2.34. The number of alkyl halides is 3. The topological polar surface area (TPSA) is 61.4 Å². The summed E-state index contributed by atoms with van der Waals surface area (Å²) in [7, 11) is 0. The number of hydrogen-bond donors (Lipinski definition) is 2. The zero-order chi connectivity index (χ0) is 20.1. The van der Waals surface area contributed by atoms with Crippen LogP contribution in [0.1, 0.15) is 17.5 Å². The van der Waals surface area contributed by atoms with E-state index in [0.717, 1.165) is 17.7 Å². The van der Waals surface area contributed by atoms with Gasteiger partial charge in [-0.05, 0) is 30.2 Å². The number of likely N-dealkylation sites (tertiary alicyclic amines) is 1. The smallest absolute Gasteiger partial charge is 0.342 e. The maximum atomic E-state index is 12.7. The van der Waals surface area contributed by atoms with Crippen LogP contribution in [-0.4, -0.2) is 29.8 Å². The number of nitrogens with zero attached hydrogens (tertiary/aromatic N) is 1. The molecule has 1 atom stereocenters. The van der Waals surface area contributed by atoms with Crippen molar-refractivity contribution in [2.45, 2.75) is 19.0 Å². The molecule has 0 aliphatic carbocycles. The predicted molar refractivity (Wildman–Crippen MR) is 98.0 cm³/mol. The summed E-state index contributed by atoms with van der Waals surface area (Å²) < 4.78 is 38.2. The van der Waals surface area contributed by atoms with Crippen molar-refractivity contribution < 1.29 is 22.8 Å². The zero-order valence-corrected chi connectivity index (χ0v) is 15.0. The first-order chi connectivity index (χ1) is 13.3. The normalized spacial score (nSPS) is 16.9. The largest absolute Gasteiger partial charge is 0.416 e. The zero-order valence-electron chi connectivity index (χ0n) is 15.0. The van der Waals surface area contributed by atoms with Crippen molar-refractivity contribution in [3.8, 4) is 0 Å². The molecule has 8 heteroatoms. The molecule has 2 amide bonds. The van der Waals surface area contributed by atoms with Crippen molar-refractivity contribution in [1.29, 1.82) is 0 Å². The minimum atomic E-state index is -4.46. The highest BCUT2D eigenvalue weighted by molar-refractivity contribution is 5.89. The van der Waals surface area contributed by atoms with Crippen LogP contribution in [-0.2, 0) is 22.2 Å². The molecule has 1 heterocycles. The molecule has 0 spiro atoms. The number of carbonyl (C=O) groups excluding carboxylic acids is 2. The number of amides is 2. The number of carbonyl (C=O) groups is 2. The fourth-order valence-electron chi connectivity index (χ4n) is 3.08. The number of rotatable bonds is 6. The molecular formula is C20H20F3N3O2. The summed E-state index contributed by atoms with van der Waals surface area (Å²) in [5, 5.41) is 0. The van der Waals surface area contributed by atoms with E-state index in [9.17, 15) is 22.8 Å². The van der Waals surface area contributed by atoms with Crippen molar-refractivity contribution in [2.75, 3.05) is 18.5 Å². The number of nitrogens with one attached hydrogen (secondary N) is 2. The lowest BCUT2D eigenvalue weighted by Crippen LogP contribution is -2.36. The summed E-state index contributed by atoms with van der Waals surface area (Å²) in [5.74, 6) is -1.07. The molecule has 3 rings (SSSR count). The molecule has 1 aliphatic rings. The van der Waals surface area contributed by atoms with Gasteiger partial charge in [0.15, 0.2) is 0 Å². The van der Waals surface area contributed by atoms with E-state index in [0.29, 0.717) is 19.5 Å². The maximum Gasteiger partial charge on any atom is 0.416 e. The Morgan fingerprint density at radius 3 is 2.57 bits per heavy atom. The minimum absolute atomic E-state index is 0.0882. The molecule has 0 radical (unpaired) electrons. The van der Waals surface area contributed by atoms with E-state index in [1.807, 2.05) is 30.3 Å². The van der Waals surface area contributed by atoms with E-state index in [1.54, 1.807) is 4.90 Å². The van der Waals surface area contributed by atoms with Gasteiger partial charge in [0.2, 0.25) is 11.8 Å². The second kappa shape index (κ2) is 8.33. The quantitative estimate of drug-likeness (QED) is 0.744. The lowest BCUT2D eigenvalue weighted by atomic mass is 10.1. The van der Waals surface area contributed by atoms with Crippen LogP contribution in [0.25, 0.3) is 0 Å². The third-order valence-corrected chi connectivity index (χ3v) is 4.62. The Balaban J connectivity index is 1.51. The number of anilines is 1. The second-order valence-electron chi connectivity index (χ2n) is 6.67. The van der Waals surface area contributed by atoms with Crippen LogP contribution >= 0.6 is 0 Å². The van der Waals surface area contributed by atoms with Crippen molar-refractivity contribution in [1.82, 2.24) is 10.3 Å². The standard InChI is InChI=1S/C20H20F3N3O2/c21-20(22,23)16-7-4-8-17(12-16)24-25-19(28)15-11-18(27)26(13-15)10-9-14-5-2-1-3-6-14/h1-8,12,15,24H,9-11,13H2,(H,25,28). The first-order valence-corrected chi connectivity index (χ1v) is 8.88. The third-order valence-electron chi connectivity index (χ3n) is 4.62. The van der Waals surface area contributed by atoms with Crippen LogP contribution < -0.4 is 10.9 Å². The average Bonchev–Trinajstić information content (AvgIpc) is 3.05. The lowest BCUT2D eigenvalue weighted by molar-refractivity contribution is -0.137. The van der Waals surface area contributed by atoms with Crippen LogP contribution in [0.2, 0.25) is 0 Å². The summed E-state index contributed by atoms with van der Waals surface area (Å²) in [6.07, 6.45) is -3.67. The molecule has 2 N–H and O–H groups in total.